The molecule has 0 bridgehead atoms. The maximum atomic E-state index is 12.2. The Hall–Kier alpha value is -1.59. The van der Waals surface area contributed by atoms with E-state index in [1.54, 1.807) is 4.90 Å². The summed E-state index contributed by atoms with van der Waals surface area (Å²) in [6, 6.07) is 7.47. The van der Waals surface area contributed by atoms with E-state index in [0.717, 1.165) is 12.1 Å². The number of hydrogen-bond donors (Lipinski definition) is 2. The van der Waals surface area contributed by atoms with Gasteiger partial charge >= 0.3 is 0 Å². The number of nitrogens with one attached hydrogen (secondary N) is 2. The zero-order chi connectivity index (χ0) is 14.5. The molecule has 1 atom stereocenters. The van der Waals surface area contributed by atoms with Crippen molar-refractivity contribution in [3.05, 3.63) is 34.9 Å². The van der Waals surface area contributed by atoms with Gasteiger partial charge in [-0.3, -0.25) is 9.59 Å². The van der Waals surface area contributed by atoms with Gasteiger partial charge in [0.15, 0.2) is 0 Å². The second-order valence-electron chi connectivity index (χ2n) is 4.77. The van der Waals surface area contributed by atoms with Crippen molar-refractivity contribution in [3.8, 4) is 0 Å². The summed E-state index contributed by atoms with van der Waals surface area (Å²) in [4.78, 5) is 24.9. The van der Waals surface area contributed by atoms with E-state index in [1.807, 2.05) is 24.3 Å². The summed E-state index contributed by atoms with van der Waals surface area (Å²) in [5.74, 6) is -0.278. The van der Waals surface area contributed by atoms with Crippen LogP contribution >= 0.6 is 11.6 Å². The average Bonchev–Trinajstić information content (AvgIpc) is 2.44. The van der Waals surface area contributed by atoms with Gasteiger partial charge in [0.1, 0.15) is 0 Å². The van der Waals surface area contributed by atoms with Crippen LogP contribution in [-0.4, -0.2) is 42.9 Å². The lowest BCUT2D eigenvalue weighted by Gasteiger charge is -2.36. The average molecular weight is 296 g/mol. The Kier molecular flexibility index (Phi) is 4.98. The summed E-state index contributed by atoms with van der Waals surface area (Å²) in [6.07, 6.45) is 0. The van der Waals surface area contributed by atoms with Gasteiger partial charge in [-0.05, 0) is 17.7 Å². The third kappa shape index (κ3) is 3.71. The molecule has 1 unspecified atom stereocenters. The molecule has 2 rings (SSSR count). The molecule has 20 heavy (non-hydrogen) atoms. The molecule has 2 N–H and O–H groups in total. The highest BCUT2D eigenvalue weighted by molar-refractivity contribution is 6.30. The molecule has 0 radical (unpaired) electrons. The molecular formula is C14H18ClN3O2. The number of piperazine rings is 1. The Labute approximate surface area is 123 Å². The number of amides is 2. The quantitative estimate of drug-likeness (QED) is 0.873. The first kappa shape index (κ1) is 14.8. The standard InChI is InChI=1S/C14H18ClN3O2/c1-10(19)17-9-14(20)18-6-5-16-8-13(18)11-3-2-4-12(15)7-11/h2-4,7,13,16H,5-6,8-9H2,1H3,(H,17,19). The van der Waals surface area contributed by atoms with E-state index in [2.05, 4.69) is 10.6 Å². The zero-order valence-electron chi connectivity index (χ0n) is 11.4. The van der Waals surface area contributed by atoms with Gasteiger partial charge in [-0.2, -0.15) is 0 Å². The predicted molar refractivity (Wildman–Crippen MR) is 77.5 cm³/mol. The van der Waals surface area contributed by atoms with E-state index < -0.39 is 0 Å². The molecule has 0 aliphatic carbocycles. The molecule has 108 valence electrons. The summed E-state index contributed by atoms with van der Waals surface area (Å²) >= 11 is 6.01. The van der Waals surface area contributed by atoms with Crippen LogP contribution in [0.3, 0.4) is 0 Å². The van der Waals surface area contributed by atoms with E-state index >= 15 is 0 Å². The minimum atomic E-state index is -0.201. The Morgan fingerprint density at radius 1 is 1.50 bits per heavy atom. The highest BCUT2D eigenvalue weighted by Crippen LogP contribution is 2.24. The van der Waals surface area contributed by atoms with E-state index in [9.17, 15) is 9.59 Å². The molecule has 6 heteroatoms. The number of hydrogen-bond acceptors (Lipinski definition) is 3. The summed E-state index contributed by atoms with van der Waals surface area (Å²) in [6.45, 7) is 3.50. The molecule has 1 saturated heterocycles. The van der Waals surface area contributed by atoms with E-state index in [-0.39, 0.29) is 24.4 Å². The molecule has 2 amide bonds. The molecule has 0 aromatic heterocycles. The van der Waals surface area contributed by atoms with Crippen LogP contribution in [0.4, 0.5) is 0 Å². The zero-order valence-corrected chi connectivity index (χ0v) is 12.1. The summed E-state index contributed by atoms with van der Waals surface area (Å²) < 4.78 is 0. The number of halogens is 1. The normalized spacial score (nSPS) is 18.7. The molecular weight excluding hydrogens is 278 g/mol. The van der Waals surface area contributed by atoms with E-state index in [0.29, 0.717) is 18.1 Å². The van der Waals surface area contributed by atoms with Crippen molar-refractivity contribution in [2.75, 3.05) is 26.2 Å². The SMILES string of the molecule is CC(=O)NCC(=O)N1CCNCC1c1cccc(Cl)c1. The Balaban J connectivity index is 2.12. The van der Waals surface area contributed by atoms with Crippen LogP contribution in [0, 0.1) is 0 Å². The Bertz CT molecular complexity index is 507. The maximum absolute atomic E-state index is 12.2. The summed E-state index contributed by atoms with van der Waals surface area (Å²) in [5.41, 5.74) is 1.00. The van der Waals surface area contributed by atoms with Crippen molar-refractivity contribution in [1.82, 2.24) is 15.5 Å². The third-order valence-electron chi connectivity index (χ3n) is 3.29. The monoisotopic (exact) mass is 295 g/mol. The van der Waals surface area contributed by atoms with Crippen molar-refractivity contribution < 1.29 is 9.59 Å². The number of nitrogens with zero attached hydrogens (tertiary/aromatic N) is 1. The molecule has 5 nitrogen and oxygen atoms in total. The molecule has 1 aromatic rings. The van der Waals surface area contributed by atoms with Crippen LogP contribution in [0.15, 0.2) is 24.3 Å². The van der Waals surface area contributed by atoms with Crippen molar-refractivity contribution in [2.24, 2.45) is 0 Å². The third-order valence-corrected chi connectivity index (χ3v) is 3.52. The molecule has 0 spiro atoms. The fraction of sp³-hybridized carbons (Fsp3) is 0.429. The van der Waals surface area contributed by atoms with Crippen molar-refractivity contribution >= 4 is 23.4 Å². The highest BCUT2D eigenvalue weighted by Gasteiger charge is 2.27. The molecule has 1 aliphatic rings. The second-order valence-corrected chi connectivity index (χ2v) is 5.21. The lowest BCUT2D eigenvalue weighted by Crippen LogP contribution is -2.51. The highest BCUT2D eigenvalue weighted by atomic mass is 35.5. The largest absolute Gasteiger partial charge is 0.347 e. The first-order valence-corrected chi connectivity index (χ1v) is 6.96. The summed E-state index contributed by atoms with van der Waals surface area (Å²) in [7, 11) is 0. The Morgan fingerprint density at radius 2 is 2.30 bits per heavy atom. The van der Waals surface area contributed by atoms with Crippen molar-refractivity contribution in [1.29, 1.82) is 0 Å². The van der Waals surface area contributed by atoms with Gasteiger partial charge in [-0.1, -0.05) is 23.7 Å². The first-order valence-electron chi connectivity index (χ1n) is 6.58. The fourth-order valence-electron chi connectivity index (χ4n) is 2.32. The number of benzene rings is 1. The van der Waals surface area contributed by atoms with E-state index in [4.69, 9.17) is 11.6 Å². The summed E-state index contributed by atoms with van der Waals surface area (Å²) in [5, 5.41) is 6.48. The van der Waals surface area contributed by atoms with Gasteiger partial charge in [0, 0.05) is 31.6 Å². The van der Waals surface area contributed by atoms with Gasteiger partial charge < -0.3 is 15.5 Å². The van der Waals surface area contributed by atoms with Crippen LogP contribution < -0.4 is 10.6 Å². The fourth-order valence-corrected chi connectivity index (χ4v) is 2.51. The van der Waals surface area contributed by atoms with Gasteiger partial charge in [-0.15, -0.1) is 0 Å². The number of carbonyl (C=O) groups excluding carboxylic acids is 2. The smallest absolute Gasteiger partial charge is 0.242 e. The number of carbonyl (C=O) groups is 2. The van der Waals surface area contributed by atoms with Gasteiger partial charge in [0.05, 0.1) is 12.6 Å². The topological polar surface area (TPSA) is 61.4 Å². The lowest BCUT2D eigenvalue weighted by molar-refractivity contribution is -0.135. The molecule has 0 saturated carbocycles. The molecule has 1 heterocycles. The minimum Gasteiger partial charge on any atom is -0.347 e. The van der Waals surface area contributed by atoms with Crippen molar-refractivity contribution in [2.45, 2.75) is 13.0 Å². The van der Waals surface area contributed by atoms with Crippen LogP contribution in [0.5, 0.6) is 0 Å². The lowest BCUT2D eigenvalue weighted by atomic mass is 10.0. The van der Waals surface area contributed by atoms with Crippen LogP contribution in [0.25, 0.3) is 0 Å². The second kappa shape index (κ2) is 6.72. The van der Waals surface area contributed by atoms with Crippen LogP contribution in [0.2, 0.25) is 5.02 Å². The predicted octanol–water partition coefficient (Wildman–Crippen LogP) is 0.949. The number of rotatable bonds is 3. The van der Waals surface area contributed by atoms with Gasteiger partial charge in [0.25, 0.3) is 0 Å². The molecule has 1 fully saturated rings. The van der Waals surface area contributed by atoms with E-state index in [1.165, 1.54) is 6.92 Å². The minimum absolute atomic E-state index is 0.0341. The maximum Gasteiger partial charge on any atom is 0.242 e. The Morgan fingerprint density at radius 3 is 3.00 bits per heavy atom. The van der Waals surface area contributed by atoms with Gasteiger partial charge in [0.2, 0.25) is 11.8 Å². The first-order chi connectivity index (χ1) is 9.58. The molecule has 1 aliphatic heterocycles. The van der Waals surface area contributed by atoms with Gasteiger partial charge in [-0.25, -0.2) is 0 Å². The molecule has 1 aromatic carbocycles. The van der Waals surface area contributed by atoms with Crippen LogP contribution in [-0.2, 0) is 9.59 Å². The van der Waals surface area contributed by atoms with Crippen molar-refractivity contribution in [3.63, 3.8) is 0 Å². The van der Waals surface area contributed by atoms with Crippen LogP contribution in [0.1, 0.15) is 18.5 Å².